The van der Waals surface area contributed by atoms with E-state index in [4.69, 9.17) is 4.74 Å². The Balaban J connectivity index is 1.19. The highest BCUT2D eigenvalue weighted by atomic mass is 19.1. The number of imidazole rings is 1. The minimum absolute atomic E-state index is 0.00816. The van der Waals surface area contributed by atoms with Crippen molar-refractivity contribution in [2.45, 2.75) is 46.2 Å². The van der Waals surface area contributed by atoms with Crippen LogP contribution in [0.3, 0.4) is 0 Å². The van der Waals surface area contributed by atoms with Crippen molar-refractivity contribution >= 4 is 22.8 Å². The van der Waals surface area contributed by atoms with Gasteiger partial charge in [-0.25, -0.2) is 28.7 Å². The number of hydrogen-bond acceptors (Lipinski definition) is 7. The zero-order chi connectivity index (χ0) is 26.4. The molecule has 2 aliphatic heterocycles. The van der Waals surface area contributed by atoms with E-state index < -0.39 is 11.6 Å². The van der Waals surface area contributed by atoms with Crippen LogP contribution in [0.5, 0.6) is 0 Å². The van der Waals surface area contributed by atoms with Gasteiger partial charge in [0.2, 0.25) is 5.95 Å². The highest BCUT2D eigenvalue weighted by Crippen LogP contribution is 2.38. The lowest BCUT2D eigenvalue weighted by Gasteiger charge is -2.47. The molecular formula is C28H31F2N7O. The van der Waals surface area contributed by atoms with Crippen LogP contribution in [-0.2, 0) is 11.3 Å². The molecule has 0 radical (unpaired) electrons. The second kappa shape index (κ2) is 9.67. The summed E-state index contributed by atoms with van der Waals surface area (Å²) in [7, 11) is 0. The van der Waals surface area contributed by atoms with Gasteiger partial charge in [-0.2, -0.15) is 0 Å². The number of likely N-dealkylation sites (tertiary alicyclic amines) is 1. The van der Waals surface area contributed by atoms with E-state index in [0.29, 0.717) is 28.1 Å². The molecule has 0 bridgehead atoms. The average molecular weight is 520 g/mol. The molecule has 0 aliphatic carbocycles. The molecule has 2 saturated heterocycles. The van der Waals surface area contributed by atoms with Gasteiger partial charge >= 0.3 is 0 Å². The first-order chi connectivity index (χ1) is 18.3. The fraction of sp³-hybridized carbons (Fsp3) is 0.429. The molecule has 6 rings (SSSR count). The third kappa shape index (κ3) is 4.63. The lowest BCUT2D eigenvalue weighted by molar-refractivity contribution is -0.140. The number of pyridine rings is 1. The molecule has 0 atom stereocenters. The van der Waals surface area contributed by atoms with E-state index >= 15 is 0 Å². The Kier molecular flexibility index (Phi) is 6.31. The molecule has 38 heavy (non-hydrogen) atoms. The molecule has 1 aromatic carbocycles. The van der Waals surface area contributed by atoms with Crippen LogP contribution >= 0.6 is 0 Å². The molecule has 2 aliphatic rings. The van der Waals surface area contributed by atoms with Crippen LogP contribution in [0.4, 0.5) is 20.5 Å². The van der Waals surface area contributed by atoms with Crippen LogP contribution in [0, 0.1) is 24.0 Å². The van der Waals surface area contributed by atoms with Gasteiger partial charge in [0.1, 0.15) is 22.9 Å². The van der Waals surface area contributed by atoms with E-state index in [2.05, 4.69) is 30.2 Å². The molecule has 10 heteroatoms. The van der Waals surface area contributed by atoms with E-state index in [-0.39, 0.29) is 23.2 Å². The second-order valence-corrected chi connectivity index (χ2v) is 10.8. The average Bonchev–Trinajstić information content (AvgIpc) is 3.22. The number of piperidine rings is 1. The number of hydrogen-bond donors (Lipinski definition) is 1. The molecule has 0 saturated carbocycles. The quantitative estimate of drug-likeness (QED) is 0.365. The summed E-state index contributed by atoms with van der Waals surface area (Å²) in [5, 5.41) is 3.04. The zero-order valence-electron chi connectivity index (χ0n) is 21.8. The summed E-state index contributed by atoms with van der Waals surface area (Å²) in [6.45, 7) is 10.6. The molecule has 0 amide bonds. The molecule has 0 unspecified atom stereocenters. The van der Waals surface area contributed by atoms with Gasteiger partial charge in [0.05, 0.1) is 24.9 Å². The summed E-state index contributed by atoms with van der Waals surface area (Å²) in [6.07, 6.45) is 5.28. The summed E-state index contributed by atoms with van der Waals surface area (Å²) < 4.78 is 37.1. The number of ether oxygens (including phenoxy) is 1. The first-order valence-electron chi connectivity index (χ1n) is 13.0. The third-order valence-electron chi connectivity index (χ3n) is 7.66. The number of fused-ring (bicyclic) bond motifs is 1. The van der Waals surface area contributed by atoms with Gasteiger partial charge < -0.3 is 14.6 Å². The maximum absolute atomic E-state index is 15.0. The van der Waals surface area contributed by atoms with E-state index in [0.717, 1.165) is 44.6 Å². The van der Waals surface area contributed by atoms with Crippen molar-refractivity contribution in [3.63, 3.8) is 0 Å². The summed E-state index contributed by atoms with van der Waals surface area (Å²) in [5.74, 6) is 0.269. The van der Waals surface area contributed by atoms with Gasteiger partial charge in [-0.05, 0) is 70.5 Å². The molecule has 1 spiro atoms. The first-order valence-corrected chi connectivity index (χ1v) is 13.0. The van der Waals surface area contributed by atoms with E-state index in [1.807, 2.05) is 43.7 Å². The normalized spacial score (nSPS) is 17.3. The van der Waals surface area contributed by atoms with Crippen molar-refractivity contribution in [3.8, 4) is 11.3 Å². The van der Waals surface area contributed by atoms with Crippen LogP contribution in [0.25, 0.3) is 22.3 Å². The van der Waals surface area contributed by atoms with Crippen molar-refractivity contribution in [3.05, 3.63) is 59.7 Å². The smallest absolute Gasteiger partial charge is 0.229 e. The maximum Gasteiger partial charge on any atom is 0.229 e. The van der Waals surface area contributed by atoms with Crippen molar-refractivity contribution in [1.29, 1.82) is 0 Å². The Morgan fingerprint density at radius 3 is 2.47 bits per heavy atom. The standard InChI is InChI=1S/C28H31F2N7O/c1-17(2)37-18(3)33-26-21(29)10-20(11-23(26)37)25-22(30)13-32-27(35-25)34-24-5-4-19(12-31-24)14-36-8-6-28(7-9-36)15-38-16-28/h4-5,10-13,17H,6-9,14-16H2,1-3H3,(H,31,32,34,35). The molecule has 4 aromatic rings. The second-order valence-electron chi connectivity index (χ2n) is 10.8. The van der Waals surface area contributed by atoms with Crippen LogP contribution in [0.15, 0.2) is 36.7 Å². The third-order valence-corrected chi connectivity index (χ3v) is 7.66. The largest absolute Gasteiger partial charge is 0.380 e. The molecule has 3 aromatic heterocycles. The predicted octanol–water partition coefficient (Wildman–Crippen LogP) is 5.41. The number of rotatable bonds is 6. The fourth-order valence-corrected chi connectivity index (χ4v) is 5.52. The van der Waals surface area contributed by atoms with Gasteiger partial charge in [-0.1, -0.05) is 6.07 Å². The minimum atomic E-state index is -0.637. The number of aryl methyl sites for hydroxylation is 1. The number of halogens is 2. The lowest BCUT2D eigenvalue weighted by Crippen LogP contribution is -2.50. The topological polar surface area (TPSA) is 81.0 Å². The summed E-state index contributed by atoms with van der Waals surface area (Å²) in [5.41, 5.74) is 2.73. The maximum atomic E-state index is 15.0. The Morgan fingerprint density at radius 1 is 1.03 bits per heavy atom. The van der Waals surface area contributed by atoms with Crippen LogP contribution in [-0.4, -0.2) is 55.7 Å². The minimum Gasteiger partial charge on any atom is -0.380 e. The Morgan fingerprint density at radius 2 is 1.82 bits per heavy atom. The van der Waals surface area contributed by atoms with Crippen LogP contribution < -0.4 is 5.32 Å². The number of nitrogens with zero attached hydrogens (tertiary/aromatic N) is 6. The Bertz CT molecular complexity index is 1470. The van der Waals surface area contributed by atoms with Crippen molar-refractivity contribution in [2.75, 3.05) is 31.6 Å². The number of nitrogens with one attached hydrogen (secondary N) is 1. The van der Waals surface area contributed by atoms with Crippen molar-refractivity contribution in [2.24, 2.45) is 5.41 Å². The molecule has 5 heterocycles. The van der Waals surface area contributed by atoms with Gasteiger partial charge in [-0.15, -0.1) is 0 Å². The van der Waals surface area contributed by atoms with Gasteiger partial charge in [-0.3, -0.25) is 4.90 Å². The highest BCUT2D eigenvalue weighted by Gasteiger charge is 2.40. The van der Waals surface area contributed by atoms with Crippen LogP contribution in [0.2, 0.25) is 0 Å². The van der Waals surface area contributed by atoms with Crippen LogP contribution in [0.1, 0.15) is 44.1 Å². The van der Waals surface area contributed by atoms with E-state index in [9.17, 15) is 8.78 Å². The molecule has 2 fully saturated rings. The SMILES string of the molecule is Cc1nc2c(F)cc(-c3nc(Nc4ccc(CN5CCC6(CC5)COC6)cn4)ncc3F)cc2n1C(C)C. The van der Waals surface area contributed by atoms with Gasteiger partial charge in [0.25, 0.3) is 0 Å². The van der Waals surface area contributed by atoms with Crippen molar-refractivity contribution < 1.29 is 13.5 Å². The first kappa shape index (κ1) is 24.8. The monoisotopic (exact) mass is 519 g/mol. The lowest BCUT2D eigenvalue weighted by atomic mass is 9.77. The number of benzene rings is 1. The molecule has 198 valence electrons. The Hall–Kier alpha value is -3.50. The van der Waals surface area contributed by atoms with Gasteiger partial charge in [0, 0.05) is 29.8 Å². The molecule has 8 nitrogen and oxygen atoms in total. The molecular weight excluding hydrogens is 488 g/mol. The summed E-state index contributed by atoms with van der Waals surface area (Å²) >= 11 is 0. The summed E-state index contributed by atoms with van der Waals surface area (Å²) in [6, 6.07) is 6.95. The van der Waals surface area contributed by atoms with Crippen molar-refractivity contribution in [1.82, 2.24) is 29.4 Å². The fourth-order valence-electron chi connectivity index (χ4n) is 5.52. The molecule has 1 N–H and O–H groups in total. The highest BCUT2D eigenvalue weighted by molar-refractivity contribution is 5.83. The predicted molar refractivity (Wildman–Crippen MR) is 141 cm³/mol. The number of aromatic nitrogens is 5. The van der Waals surface area contributed by atoms with Gasteiger partial charge in [0.15, 0.2) is 11.6 Å². The number of anilines is 2. The van der Waals surface area contributed by atoms with E-state index in [1.54, 1.807) is 6.07 Å². The Labute approximate surface area is 220 Å². The zero-order valence-corrected chi connectivity index (χ0v) is 21.8. The van der Waals surface area contributed by atoms with E-state index in [1.165, 1.54) is 18.9 Å². The summed E-state index contributed by atoms with van der Waals surface area (Å²) in [4.78, 5) is 19.7.